The molecular formula is C20H28ClN3O4S. The van der Waals surface area contributed by atoms with Crippen LogP contribution in [-0.2, 0) is 19.6 Å². The molecule has 3 aliphatic heterocycles. The van der Waals surface area contributed by atoms with E-state index in [0.717, 1.165) is 10.6 Å². The fourth-order valence-electron chi connectivity index (χ4n) is 4.28. The highest BCUT2D eigenvalue weighted by Gasteiger charge is 2.58. The van der Waals surface area contributed by atoms with Crippen LogP contribution >= 0.6 is 12.4 Å². The highest BCUT2D eigenvalue weighted by atomic mass is 35.5. The van der Waals surface area contributed by atoms with E-state index in [1.807, 2.05) is 55.5 Å². The zero-order chi connectivity index (χ0) is 20.5. The van der Waals surface area contributed by atoms with Crippen LogP contribution in [0.5, 0.6) is 0 Å². The topological polar surface area (TPSA) is 78.0 Å². The Hall–Kier alpha value is -2.06. The minimum Gasteiger partial charge on any atom is -0.350 e. The molecule has 2 fully saturated rings. The Labute approximate surface area is 178 Å². The molecule has 29 heavy (non-hydrogen) atoms. The summed E-state index contributed by atoms with van der Waals surface area (Å²) in [5.74, 6) is -1.12. The SMILES string of the molecule is CC(C)[C@H]1C(=O)N(S(C)(=O)=O)[C@H]2CCN(C(=O)/C=C/CN3C=CC=CC=C3)[C@H]12.Cl. The Balaban J connectivity index is 0.00000300. The fourth-order valence-corrected chi connectivity index (χ4v) is 5.45. The van der Waals surface area contributed by atoms with Gasteiger partial charge in [0.1, 0.15) is 0 Å². The molecule has 0 N–H and O–H groups in total. The maximum absolute atomic E-state index is 12.8. The van der Waals surface area contributed by atoms with Gasteiger partial charge >= 0.3 is 0 Å². The summed E-state index contributed by atoms with van der Waals surface area (Å²) in [5, 5.41) is 0. The van der Waals surface area contributed by atoms with E-state index >= 15 is 0 Å². The molecule has 9 heteroatoms. The smallest absolute Gasteiger partial charge is 0.246 e. The van der Waals surface area contributed by atoms with E-state index in [1.165, 1.54) is 6.08 Å². The molecule has 0 unspecified atom stereocenters. The average Bonchev–Trinajstić information content (AvgIpc) is 3.00. The van der Waals surface area contributed by atoms with Crippen LogP contribution in [0, 0.1) is 11.8 Å². The van der Waals surface area contributed by atoms with E-state index in [4.69, 9.17) is 0 Å². The average molecular weight is 442 g/mol. The van der Waals surface area contributed by atoms with Crippen molar-refractivity contribution in [1.29, 1.82) is 0 Å². The van der Waals surface area contributed by atoms with Gasteiger partial charge in [0, 0.05) is 31.6 Å². The summed E-state index contributed by atoms with van der Waals surface area (Å²) in [6.45, 7) is 4.79. The molecule has 0 bridgehead atoms. The third kappa shape index (κ3) is 4.75. The third-order valence-electron chi connectivity index (χ3n) is 5.42. The zero-order valence-corrected chi connectivity index (χ0v) is 18.5. The van der Waals surface area contributed by atoms with Crippen LogP contribution in [-0.4, -0.2) is 65.8 Å². The van der Waals surface area contributed by atoms with Crippen molar-refractivity contribution in [3.8, 4) is 0 Å². The first-order chi connectivity index (χ1) is 13.2. The molecule has 0 aromatic carbocycles. The Bertz CT molecular complexity index is 847. The number of sulfonamides is 1. The minimum atomic E-state index is -3.66. The molecular weight excluding hydrogens is 414 g/mol. The second-order valence-corrected chi connectivity index (χ2v) is 9.57. The van der Waals surface area contributed by atoms with Crippen LogP contribution in [0.4, 0.5) is 0 Å². The van der Waals surface area contributed by atoms with Crippen molar-refractivity contribution in [1.82, 2.24) is 14.1 Å². The maximum atomic E-state index is 12.8. The summed E-state index contributed by atoms with van der Waals surface area (Å²) in [6.07, 6.45) is 16.3. The summed E-state index contributed by atoms with van der Waals surface area (Å²) in [4.78, 5) is 29.2. The second-order valence-electron chi connectivity index (χ2n) is 7.71. The van der Waals surface area contributed by atoms with Crippen molar-refractivity contribution >= 4 is 34.2 Å². The Morgan fingerprint density at radius 2 is 1.83 bits per heavy atom. The van der Waals surface area contributed by atoms with Gasteiger partial charge in [0.2, 0.25) is 21.8 Å². The quantitative estimate of drug-likeness (QED) is 0.609. The highest BCUT2D eigenvalue weighted by Crippen LogP contribution is 2.41. The molecule has 0 aromatic rings. The van der Waals surface area contributed by atoms with Gasteiger partial charge in [0.25, 0.3) is 0 Å². The molecule has 2 saturated heterocycles. The number of carbonyl (C=O) groups excluding carboxylic acids is 2. The van der Waals surface area contributed by atoms with Crippen LogP contribution in [0.3, 0.4) is 0 Å². The molecule has 160 valence electrons. The lowest BCUT2D eigenvalue weighted by Crippen LogP contribution is -2.43. The summed E-state index contributed by atoms with van der Waals surface area (Å²) in [5.41, 5.74) is 0. The first-order valence-corrected chi connectivity index (χ1v) is 11.3. The van der Waals surface area contributed by atoms with Gasteiger partial charge in [-0.05, 0) is 24.5 Å². The molecule has 3 aliphatic rings. The van der Waals surface area contributed by atoms with Crippen molar-refractivity contribution < 1.29 is 18.0 Å². The van der Waals surface area contributed by atoms with Crippen molar-refractivity contribution in [3.63, 3.8) is 0 Å². The summed E-state index contributed by atoms with van der Waals surface area (Å²) in [6, 6.07) is -0.864. The number of amides is 2. The molecule has 0 radical (unpaired) electrons. The van der Waals surface area contributed by atoms with Gasteiger partial charge in [-0.1, -0.05) is 32.1 Å². The van der Waals surface area contributed by atoms with Crippen molar-refractivity contribution in [2.45, 2.75) is 32.4 Å². The molecule has 0 saturated carbocycles. The third-order valence-corrected chi connectivity index (χ3v) is 6.58. The van der Waals surface area contributed by atoms with Crippen molar-refractivity contribution in [3.05, 3.63) is 48.9 Å². The van der Waals surface area contributed by atoms with Crippen molar-refractivity contribution in [2.75, 3.05) is 19.3 Å². The van der Waals surface area contributed by atoms with E-state index in [-0.39, 0.29) is 30.1 Å². The van der Waals surface area contributed by atoms with Gasteiger partial charge in [0.05, 0.1) is 24.3 Å². The monoisotopic (exact) mass is 441 g/mol. The van der Waals surface area contributed by atoms with Gasteiger partial charge in [-0.15, -0.1) is 12.4 Å². The molecule has 0 spiro atoms. The van der Waals surface area contributed by atoms with Crippen LogP contribution in [0.15, 0.2) is 48.9 Å². The van der Waals surface area contributed by atoms with E-state index in [2.05, 4.69) is 0 Å². The van der Waals surface area contributed by atoms with Crippen molar-refractivity contribution in [2.24, 2.45) is 11.8 Å². The van der Waals surface area contributed by atoms with E-state index in [9.17, 15) is 18.0 Å². The van der Waals surface area contributed by atoms with Gasteiger partial charge in [-0.25, -0.2) is 12.7 Å². The Kier molecular flexibility index (Phi) is 7.35. The van der Waals surface area contributed by atoms with E-state index < -0.39 is 28.0 Å². The Morgan fingerprint density at radius 3 is 2.38 bits per heavy atom. The maximum Gasteiger partial charge on any atom is 0.246 e. The van der Waals surface area contributed by atoms with E-state index in [1.54, 1.807) is 11.0 Å². The molecule has 2 amide bonds. The predicted octanol–water partition coefficient (Wildman–Crippen LogP) is 1.91. The zero-order valence-electron chi connectivity index (χ0n) is 16.8. The van der Waals surface area contributed by atoms with Crippen LogP contribution < -0.4 is 0 Å². The minimum absolute atomic E-state index is 0. The number of halogens is 1. The number of fused-ring (bicyclic) bond motifs is 1. The second kappa shape index (κ2) is 9.17. The van der Waals surface area contributed by atoms with Gasteiger partial charge in [-0.3, -0.25) is 9.59 Å². The molecule has 0 aliphatic carbocycles. The number of hydrogen-bond donors (Lipinski definition) is 0. The Morgan fingerprint density at radius 1 is 1.21 bits per heavy atom. The lowest BCUT2D eigenvalue weighted by molar-refractivity contribution is -0.131. The number of nitrogens with zero attached hydrogens (tertiary/aromatic N) is 3. The summed E-state index contributed by atoms with van der Waals surface area (Å²) < 4.78 is 25.4. The number of rotatable bonds is 5. The fraction of sp³-hybridized carbons (Fsp3) is 0.500. The lowest BCUT2D eigenvalue weighted by Gasteiger charge is -2.28. The predicted molar refractivity (Wildman–Crippen MR) is 114 cm³/mol. The van der Waals surface area contributed by atoms with Crippen LogP contribution in [0.1, 0.15) is 20.3 Å². The molecule has 3 rings (SSSR count). The first kappa shape index (κ1) is 23.2. The van der Waals surface area contributed by atoms with Crippen LogP contribution in [0.25, 0.3) is 0 Å². The highest BCUT2D eigenvalue weighted by molar-refractivity contribution is 7.88. The number of carbonyl (C=O) groups is 2. The molecule has 7 nitrogen and oxygen atoms in total. The molecule has 3 atom stereocenters. The largest absolute Gasteiger partial charge is 0.350 e. The molecule has 0 aromatic heterocycles. The summed E-state index contributed by atoms with van der Waals surface area (Å²) >= 11 is 0. The molecule has 3 heterocycles. The summed E-state index contributed by atoms with van der Waals surface area (Å²) in [7, 11) is -3.66. The normalized spacial score (nSPS) is 26.4. The van der Waals surface area contributed by atoms with E-state index in [0.29, 0.717) is 19.5 Å². The first-order valence-electron chi connectivity index (χ1n) is 9.49. The number of allylic oxidation sites excluding steroid dienone is 4. The number of hydrogen-bond acceptors (Lipinski definition) is 5. The number of likely N-dealkylation sites (tertiary alicyclic amines) is 1. The van der Waals surface area contributed by atoms with Gasteiger partial charge in [-0.2, -0.15) is 0 Å². The van der Waals surface area contributed by atoms with Crippen LogP contribution in [0.2, 0.25) is 0 Å². The standard InChI is InChI=1S/C20H27N3O4S.ClH/c1-15(2)18-19-16(23(20(18)25)28(3,26)27)10-14-22(19)17(24)9-8-13-21-11-6-4-5-7-12-21;/h4-9,11-12,15-16,18-19H,10,13-14H2,1-3H3;1H/b9-8+;/t16-,18+,19-;/m0./s1. The lowest BCUT2D eigenvalue weighted by atomic mass is 9.88. The van der Waals surface area contributed by atoms with Gasteiger partial charge < -0.3 is 9.80 Å². The van der Waals surface area contributed by atoms with Gasteiger partial charge in [0.15, 0.2) is 0 Å².